The van der Waals surface area contributed by atoms with Crippen molar-refractivity contribution in [3.8, 4) is 11.4 Å². The summed E-state index contributed by atoms with van der Waals surface area (Å²) < 4.78 is 13.2. The number of ether oxygens (including phenoxy) is 2. The first-order valence-electron chi connectivity index (χ1n) is 10.6. The van der Waals surface area contributed by atoms with Crippen LogP contribution < -0.4 is 5.32 Å². The first kappa shape index (κ1) is 20.7. The maximum Gasteiger partial charge on any atom is 0.356 e. The van der Waals surface area contributed by atoms with E-state index in [1.54, 1.807) is 4.68 Å². The number of carbonyl (C=O) groups is 1. The maximum absolute atomic E-state index is 12.0. The van der Waals surface area contributed by atoms with Gasteiger partial charge in [0.05, 0.1) is 24.5 Å². The van der Waals surface area contributed by atoms with Gasteiger partial charge >= 0.3 is 5.97 Å². The van der Waals surface area contributed by atoms with E-state index in [0.717, 1.165) is 48.4 Å². The number of aromatic carboxylic acids is 1. The molecular formula is C21H29N5O4. The van der Waals surface area contributed by atoms with Crippen LogP contribution in [0, 0.1) is 0 Å². The molecule has 1 aliphatic heterocycles. The van der Waals surface area contributed by atoms with Gasteiger partial charge in [0.15, 0.2) is 12.0 Å². The molecule has 0 radical (unpaired) electrons. The fourth-order valence-corrected chi connectivity index (χ4v) is 4.32. The Hall–Kier alpha value is -2.52. The van der Waals surface area contributed by atoms with Gasteiger partial charge < -0.3 is 19.9 Å². The Bertz CT molecular complexity index is 934. The summed E-state index contributed by atoms with van der Waals surface area (Å²) in [4.78, 5) is 21.1. The van der Waals surface area contributed by atoms with Crippen LogP contribution in [0.1, 0.15) is 61.6 Å². The van der Waals surface area contributed by atoms with E-state index in [2.05, 4.69) is 15.4 Å². The van der Waals surface area contributed by atoms with Crippen LogP contribution in [-0.2, 0) is 27.9 Å². The lowest BCUT2D eigenvalue weighted by Crippen LogP contribution is -2.29. The number of hydrogen-bond acceptors (Lipinski definition) is 7. The second-order valence-corrected chi connectivity index (χ2v) is 8.43. The molecule has 0 saturated carbocycles. The number of nitrogens with zero attached hydrogens (tertiary/aromatic N) is 4. The summed E-state index contributed by atoms with van der Waals surface area (Å²) in [6, 6.07) is 0. The number of rotatable bonds is 7. The highest BCUT2D eigenvalue weighted by molar-refractivity contribution is 5.91. The predicted molar refractivity (Wildman–Crippen MR) is 111 cm³/mol. The summed E-state index contributed by atoms with van der Waals surface area (Å²) in [5, 5.41) is 17.4. The van der Waals surface area contributed by atoms with Gasteiger partial charge in [-0.25, -0.2) is 14.8 Å². The third kappa shape index (κ3) is 3.91. The summed E-state index contributed by atoms with van der Waals surface area (Å²) in [7, 11) is 0. The highest BCUT2D eigenvalue weighted by Crippen LogP contribution is 2.44. The lowest BCUT2D eigenvalue weighted by molar-refractivity contribution is -0.163. The molecule has 9 heteroatoms. The smallest absolute Gasteiger partial charge is 0.356 e. The minimum Gasteiger partial charge on any atom is -0.476 e. The van der Waals surface area contributed by atoms with Crippen molar-refractivity contribution in [3.05, 3.63) is 23.0 Å². The van der Waals surface area contributed by atoms with Crippen molar-refractivity contribution in [1.29, 1.82) is 0 Å². The molecule has 0 bridgehead atoms. The lowest BCUT2D eigenvalue weighted by atomic mass is 9.73. The van der Waals surface area contributed by atoms with Gasteiger partial charge in [-0.3, -0.25) is 4.68 Å². The molecule has 2 aliphatic rings. The average Bonchev–Trinajstić information content (AvgIpc) is 3.11. The van der Waals surface area contributed by atoms with Gasteiger partial charge in [-0.15, -0.1) is 0 Å². The highest BCUT2D eigenvalue weighted by Gasteiger charge is 2.40. The van der Waals surface area contributed by atoms with E-state index in [4.69, 9.17) is 14.5 Å². The predicted octanol–water partition coefficient (Wildman–Crippen LogP) is 2.85. The van der Waals surface area contributed by atoms with E-state index >= 15 is 0 Å². The summed E-state index contributed by atoms with van der Waals surface area (Å²) in [5.41, 5.74) is 2.88. The first-order valence-corrected chi connectivity index (χ1v) is 10.6. The van der Waals surface area contributed by atoms with Crippen molar-refractivity contribution in [2.45, 2.75) is 64.7 Å². The Kier molecular flexibility index (Phi) is 5.75. The largest absolute Gasteiger partial charge is 0.476 e. The SMILES string of the molecule is CCNc1ncc2c(n1)-c1c(c(C(=O)O)nn1CCOC1CCCCO1)C(C)(C)C2. The topological polar surface area (TPSA) is 111 Å². The maximum atomic E-state index is 12.0. The van der Waals surface area contributed by atoms with Crippen molar-refractivity contribution in [1.82, 2.24) is 19.7 Å². The normalized spacial score (nSPS) is 19.8. The zero-order chi connectivity index (χ0) is 21.3. The van der Waals surface area contributed by atoms with Gasteiger partial charge in [0.2, 0.25) is 5.95 Å². The van der Waals surface area contributed by atoms with Crippen LogP contribution >= 0.6 is 0 Å². The van der Waals surface area contributed by atoms with Crippen molar-refractivity contribution in [2.24, 2.45) is 0 Å². The van der Waals surface area contributed by atoms with Crippen LogP contribution in [0.5, 0.6) is 0 Å². The molecule has 30 heavy (non-hydrogen) atoms. The van der Waals surface area contributed by atoms with Crippen LogP contribution in [0.4, 0.5) is 5.95 Å². The van der Waals surface area contributed by atoms with Crippen LogP contribution in [-0.4, -0.2) is 56.9 Å². The second-order valence-electron chi connectivity index (χ2n) is 8.43. The lowest BCUT2D eigenvalue weighted by Gasteiger charge is -2.31. The van der Waals surface area contributed by atoms with E-state index in [-0.39, 0.29) is 12.0 Å². The quantitative estimate of drug-likeness (QED) is 0.710. The van der Waals surface area contributed by atoms with Crippen molar-refractivity contribution in [3.63, 3.8) is 0 Å². The average molecular weight is 415 g/mol. The molecular weight excluding hydrogens is 386 g/mol. The molecule has 162 valence electrons. The number of aromatic nitrogens is 4. The minimum absolute atomic E-state index is 0.0816. The first-order chi connectivity index (χ1) is 14.4. The Morgan fingerprint density at radius 2 is 2.27 bits per heavy atom. The Morgan fingerprint density at radius 3 is 2.97 bits per heavy atom. The Balaban J connectivity index is 1.71. The monoisotopic (exact) mass is 415 g/mol. The summed E-state index contributed by atoms with van der Waals surface area (Å²) >= 11 is 0. The minimum atomic E-state index is -1.03. The fraction of sp³-hybridized carbons (Fsp3) is 0.619. The molecule has 0 amide bonds. The van der Waals surface area contributed by atoms with Crippen molar-refractivity contribution < 1.29 is 19.4 Å². The van der Waals surface area contributed by atoms with Gasteiger partial charge in [-0.2, -0.15) is 5.10 Å². The molecule has 0 spiro atoms. The van der Waals surface area contributed by atoms with Crippen LogP contribution in [0.25, 0.3) is 11.4 Å². The zero-order valence-electron chi connectivity index (χ0n) is 17.8. The summed E-state index contributed by atoms with van der Waals surface area (Å²) in [6.07, 6.45) is 5.32. The van der Waals surface area contributed by atoms with Gasteiger partial charge in [0.1, 0.15) is 0 Å². The van der Waals surface area contributed by atoms with E-state index in [0.29, 0.717) is 32.1 Å². The third-order valence-electron chi connectivity index (χ3n) is 5.63. The molecule has 3 heterocycles. The van der Waals surface area contributed by atoms with Gasteiger partial charge in [0, 0.05) is 24.9 Å². The number of carboxylic acid groups (broad SMARTS) is 1. The number of hydrogen-bond donors (Lipinski definition) is 2. The zero-order valence-corrected chi connectivity index (χ0v) is 17.8. The Morgan fingerprint density at radius 1 is 1.43 bits per heavy atom. The molecule has 1 unspecified atom stereocenters. The molecule has 1 saturated heterocycles. The van der Waals surface area contributed by atoms with E-state index < -0.39 is 11.4 Å². The standard InChI is InChI=1S/C21H29N5O4/c1-4-22-20-23-12-13-11-21(2,3)15-17(19(27)28)25-26(18(15)16(13)24-20)8-10-30-14-7-5-6-9-29-14/h12,14H,4-11H2,1-3H3,(H,27,28)(H,22,23,24). The summed E-state index contributed by atoms with van der Waals surface area (Å²) in [6.45, 7) is 8.29. The van der Waals surface area contributed by atoms with Crippen molar-refractivity contribution >= 4 is 11.9 Å². The molecule has 2 aromatic heterocycles. The molecule has 0 aromatic carbocycles. The molecule has 2 aromatic rings. The molecule has 2 N–H and O–H groups in total. The van der Waals surface area contributed by atoms with Crippen LogP contribution in [0.2, 0.25) is 0 Å². The van der Waals surface area contributed by atoms with Crippen LogP contribution in [0.3, 0.4) is 0 Å². The van der Waals surface area contributed by atoms with Gasteiger partial charge in [-0.05, 0) is 43.6 Å². The van der Waals surface area contributed by atoms with E-state index in [1.807, 2.05) is 27.0 Å². The number of anilines is 1. The van der Waals surface area contributed by atoms with Gasteiger partial charge in [-0.1, -0.05) is 13.8 Å². The van der Waals surface area contributed by atoms with Crippen LogP contribution in [0.15, 0.2) is 6.20 Å². The Labute approximate surface area is 175 Å². The number of nitrogens with one attached hydrogen (secondary N) is 1. The molecule has 1 aliphatic carbocycles. The van der Waals surface area contributed by atoms with Gasteiger partial charge in [0.25, 0.3) is 0 Å². The highest BCUT2D eigenvalue weighted by atomic mass is 16.7. The number of carboxylic acids is 1. The van der Waals surface area contributed by atoms with E-state index in [1.165, 1.54) is 0 Å². The fourth-order valence-electron chi connectivity index (χ4n) is 4.32. The second kappa shape index (κ2) is 8.31. The molecule has 1 atom stereocenters. The van der Waals surface area contributed by atoms with Crippen molar-refractivity contribution in [2.75, 3.05) is 25.1 Å². The molecule has 9 nitrogen and oxygen atoms in total. The third-order valence-corrected chi connectivity index (χ3v) is 5.63. The summed E-state index contributed by atoms with van der Waals surface area (Å²) in [5.74, 6) is -0.502. The van der Waals surface area contributed by atoms with E-state index in [9.17, 15) is 9.90 Å². The molecule has 4 rings (SSSR count). The number of fused-ring (bicyclic) bond motifs is 3. The molecule has 1 fully saturated rings.